The molecular formula is C17H19NO. The summed E-state index contributed by atoms with van der Waals surface area (Å²) in [6, 6.07) is 20.6. The van der Waals surface area contributed by atoms with Crippen LogP contribution in [0.25, 0.3) is 0 Å². The van der Waals surface area contributed by atoms with Crippen LogP contribution in [0.4, 0.5) is 0 Å². The maximum Gasteiger partial charge on any atom is 0.142 e. The quantitative estimate of drug-likeness (QED) is 0.411. The molecule has 2 aromatic carbocycles. The van der Waals surface area contributed by atoms with Gasteiger partial charge in [0.15, 0.2) is 0 Å². The van der Waals surface area contributed by atoms with Crippen LogP contribution in [0.5, 0.6) is 0 Å². The summed E-state index contributed by atoms with van der Waals surface area (Å²) in [6.45, 7) is 0.538. The molecule has 0 spiro atoms. The zero-order valence-electron chi connectivity index (χ0n) is 11.0. The first-order chi connectivity index (χ1) is 9.45. The smallest absolute Gasteiger partial charge is 0.142 e. The first kappa shape index (κ1) is 13.3. The average Bonchev–Trinajstić information content (AvgIpc) is 2.48. The number of rotatable bonds is 7. The van der Waals surface area contributed by atoms with Crippen molar-refractivity contribution in [2.24, 2.45) is 5.16 Å². The van der Waals surface area contributed by atoms with E-state index in [0.29, 0.717) is 6.61 Å². The number of unbranched alkanes of at least 4 members (excludes halogenated alkanes) is 1. The van der Waals surface area contributed by atoms with Crippen molar-refractivity contribution in [3.05, 3.63) is 71.8 Å². The lowest BCUT2D eigenvalue weighted by Crippen LogP contribution is -1.88. The van der Waals surface area contributed by atoms with Crippen molar-refractivity contribution in [3.63, 3.8) is 0 Å². The molecule has 0 fully saturated rings. The maximum atomic E-state index is 5.24. The van der Waals surface area contributed by atoms with Crippen molar-refractivity contribution in [1.29, 1.82) is 0 Å². The third kappa shape index (κ3) is 5.38. The van der Waals surface area contributed by atoms with Gasteiger partial charge in [-0.15, -0.1) is 0 Å². The van der Waals surface area contributed by atoms with Crippen LogP contribution in [0.2, 0.25) is 0 Å². The molecule has 0 saturated carbocycles. The summed E-state index contributed by atoms with van der Waals surface area (Å²) in [6.07, 6.45) is 4.99. The standard InChI is InChI=1S/C17H19NO/c1-3-9-16(10-4-1)11-7-8-14-18-19-15-17-12-5-2-6-13-17/h1-6,9-10,12-14H,7-8,11,15H2/b18-14+. The molecule has 0 heterocycles. The first-order valence-electron chi connectivity index (χ1n) is 6.67. The van der Waals surface area contributed by atoms with E-state index < -0.39 is 0 Å². The van der Waals surface area contributed by atoms with Crippen LogP contribution in [0.15, 0.2) is 65.8 Å². The molecule has 2 nitrogen and oxygen atoms in total. The predicted molar refractivity (Wildman–Crippen MR) is 79.1 cm³/mol. The number of hydrogen-bond acceptors (Lipinski definition) is 2. The van der Waals surface area contributed by atoms with E-state index in [-0.39, 0.29) is 0 Å². The monoisotopic (exact) mass is 253 g/mol. The molecule has 2 heteroatoms. The van der Waals surface area contributed by atoms with Gasteiger partial charge in [0.2, 0.25) is 0 Å². The molecule has 0 atom stereocenters. The molecule has 2 aromatic rings. The van der Waals surface area contributed by atoms with Crippen LogP contribution in [0.1, 0.15) is 24.0 Å². The Kier molecular flexibility index (Phi) is 5.68. The molecule has 98 valence electrons. The molecule has 0 bridgehead atoms. The Morgan fingerprint density at radius 2 is 1.47 bits per heavy atom. The van der Waals surface area contributed by atoms with E-state index in [4.69, 9.17) is 4.84 Å². The van der Waals surface area contributed by atoms with Crippen LogP contribution in [0.3, 0.4) is 0 Å². The van der Waals surface area contributed by atoms with Gasteiger partial charge < -0.3 is 4.84 Å². The highest BCUT2D eigenvalue weighted by molar-refractivity contribution is 5.56. The lowest BCUT2D eigenvalue weighted by Gasteiger charge is -1.99. The summed E-state index contributed by atoms with van der Waals surface area (Å²) in [5.41, 5.74) is 2.52. The molecule has 0 aliphatic heterocycles. The van der Waals surface area contributed by atoms with Crippen molar-refractivity contribution in [3.8, 4) is 0 Å². The second-order valence-electron chi connectivity index (χ2n) is 4.42. The molecule has 2 rings (SSSR count). The van der Waals surface area contributed by atoms with Crippen molar-refractivity contribution in [2.75, 3.05) is 0 Å². The van der Waals surface area contributed by atoms with E-state index in [9.17, 15) is 0 Å². The highest BCUT2D eigenvalue weighted by Crippen LogP contribution is 2.04. The molecule has 19 heavy (non-hydrogen) atoms. The number of hydrogen-bond donors (Lipinski definition) is 0. The van der Waals surface area contributed by atoms with Gasteiger partial charge in [0, 0.05) is 6.21 Å². The molecule has 0 saturated heterocycles. The van der Waals surface area contributed by atoms with E-state index in [2.05, 4.69) is 29.4 Å². The minimum Gasteiger partial charge on any atom is -0.391 e. The van der Waals surface area contributed by atoms with Crippen molar-refractivity contribution < 1.29 is 4.84 Å². The van der Waals surface area contributed by atoms with Crippen LogP contribution in [-0.2, 0) is 17.9 Å². The lowest BCUT2D eigenvalue weighted by atomic mass is 10.1. The molecule has 0 N–H and O–H groups in total. The topological polar surface area (TPSA) is 21.6 Å². The van der Waals surface area contributed by atoms with Crippen LogP contribution in [0, 0.1) is 0 Å². The summed E-state index contributed by atoms with van der Waals surface area (Å²) in [5, 5.41) is 3.97. The number of benzene rings is 2. The Morgan fingerprint density at radius 3 is 2.16 bits per heavy atom. The van der Waals surface area contributed by atoms with Crippen LogP contribution in [-0.4, -0.2) is 6.21 Å². The van der Waals surface area contributed by atoms with Gasteiger partial charge in [0.05, 0.1) is 0 Å². The number of nitrogens with zero attached hydrogens (tertiary/aromatic N) is 1. The van der Waals surface area contributed by atoms with Gasteiger partial charge in [0.1, 0.15) is 6.61 Å². The second-order valence-corrected chi connectivity index (χ2v) is 4.42. The number of oxime groups is 1. The van der Waals surface area contributed by atoms with Gasteiger partial charge in [0.25, 0.3) is 0 Å². The van der Waals surface area contributed by atoms with Gasteiger partial charge >= 0.3 is 0 Å². The summed E-state index contributed by atoms with van der Waals surface area (Å²) >= 11 is 0. The Hall–Kier alpha value is -2.09. The average molecular weight is 253 g/mol. The van der Waals surface area contributed by atoms with Gasteiger partial charge in [-0.25, -0.2) is 0 Å². The second kappa shape index (κ2) is 8.09. The Labute approximate surface area is 114 Å². The van der Waals surface area contributed by atoms with Crippen molar-refractivity contribution >= 4 is 6.21 Å². The van der Waals surface area contributed by atoms with Crippen molar-refractivity contribution in [2.45, 2.75) is 25.9 Å². The summed E-state index contributed by atoms with van der Waals surface area (Å²) < 4.78 is 0. The minimum absolute atomic E-state index is 0.538. The molecule has 0 aromatic heterocycles. The minimum atomic E-state index is 0.538. The molecular weight excluding hydrogens is 234 g/mol. The van der Waals surface area contributed by atoms with Gasteiger partial charge in [-0.2, -0.15) is 0 Å². The van der Waals surface area contributed by atoms with E-state index in [1.54, 1.807) is 0 Å². The fourth-order valence-corrected chi connectivity index (χ4v) is 1.83. The van der Waals surface area contributed by atoms with E-state index >= 15 is 0 Å². The van der Waals surface area contributed by atoms with Crippen LogP contribution < -0.4 is 0 Å². The molecule has 0 aliphatic rings. The van der Waals surface area contributed by atoms with E-state index in [1.165, 1.54) is 5.56 Å². The summed E-state index contributed by atoms with van der Waals surface area (Å²) in [7, 11) is 0. The molecule has 0 amide bonds. The Balaban J connectivity index is 1.57. The van der Waals surface area contributed by atoms with E-state index in [1.807, 2.05) is 42.6 Å². The van der Waals surface area contributed by atoms with Gasteiger partial charge in [-0.05, 0) is 30.4 Å². The van der Waals surface area contributed by atoms with E-state index in [0.717, 1.165) is 24.8 Å². The lowest BCUT2D eigenvalue weighted by molar-refractivity contribution is 0.131. The fourth-order valence-electron chi connectivity index (χ4n) is 1.83. The van der Waals surface area contributed by atoms with Crippen LogP contribution >= 0.6 is 0 Å². The highest BCUT2D eigenvalue weighted by atomic mass is 16.6. The predicted octanol–water partition coefficient (Wildman–Crippen LogP) is 4.21. The largest absolute Gasteiger partial charge is 0.391 e. The summed E-state index contributed by atoms with van der Waals surface area (Å²) in [5.74, 6) is 0. The maximum absolute atomic E-state index is 5.24. The third-order valence-electron chi connectivity index (χ3n) is 2.86. The SMILES string of the molecule is C(/CCCc1ccccc1)=N\OCc1ccccc1. The zero-order chi connectivity index (χ0) is 13.2. The zero-order valence-corrected chi connectivity index (χ0v) is 11.0. The molecule has 0 aliphatic carbocycles. The molecule has 0 radical (unpaired) electrons. The fraction of sp³-hybridized carbons (Fsp3) is 0.235. The third-order valence-corrected chi connectivity index (χ3v) is 2.86. The van der Waals surface area contributed by atoms with Gasteiger partial charge in [-0.3, -0.25) is 0 Å². The first-order valence-corrected chi connectivity index (χ1v) is 6.67. The Bertz CT molecular complexity index is 479. The summed E-state index contributed by atoms with van der Waals surface area (Å²) in [4.78, 5) is 5.24. The van der Waals surface area contributed by atoms with Crippen molar-refractivity contribution in [1.82, 2.24) is 0 Å². The Morgan fingerprint density at radius 1 is 0.842 bits per heavy atom. The normalized spacial score (nSPS) is 10.7. The molecule has 0 unspecified atom stereocenters. The van der Waals surface area contributed by atoms with Gasteiger partial charge in [-0.1, -0.05) is 65.8 Å². The number of aryl methyl sites for hydroxylation is 1. The highest BCUT2D eigenvalue weighted by Gasteiger charge is 1.91.